The molecule has 2 N–H and O–H groups in total. The first-order valence-electron chi connectivity index (χ1n) is 6.94. The molecule has 0 heterocycles. The van der Waals surface area contributed by atoms with Crippen LogP contribution in [0, 0.1) is 0 Å². The van der Waals surface area contributed by atoms with Crippen LogP contribution >= 0.6 is 11.6 Å². The molecular weight excluding hydrogens is 336 g/mol. The van der Waals surface area contributed by atoms with Crippen molar-refractivity contribution in [1.29, 1.82) is 0 Å². The van der Waals surface area contributed by atoms with Crippen LogP contribution in [0.15, 0.2) is 48.5 Å². The lowest BCUT2D eigenvalue weighted by Gasteiger charge is -2.09. The molecule has 5 nitrogen and oxygen atoms in total. The SMILES string of the molecule is CS(=O)(=O)Nc1ccc(C(=O)NCCc2ccccc2)c(Cl)c1. The van der Waals surface area contributed by atoms with E-state index >= 15 is 0 Å². The van der Waals surface area contributed by atoms with E-state index in [2.05, 4.69) is 10.0 Å². The molecule has 2 rings (SSSR count). The zero-order valence-electron chi connectivity index (χ0n) is 12.5. The second-order valence-electron chi connectivity index (χ2n) is 5.06. The standard InChI is InChI=1S/C16H17ClN2O3S/c1-23(21,22)19-13-7-8-14(15(17)11-13)16(20)18-10-9-12-5-3-2-4-6-12/h2-8,11,19H,9-10H2,1H3,(H,18,20). The molecule has 0 saturated carbocycles. The molecule has 0 aromatic heterocycles. The number of hydrogen-bond acceptors (Lipinski definition) is 3. The molecule has 122 valence electrons. The molecule has 0 unspecified atom stereocenters. The number of sulfonamides is 1. The molecule has 0 saturated heterocycles. The Morgan fingerprint density at radius 3 is 2.43 bits per heavy atom. The minimum atomic E-state index is -3.38. The van der Waals surface area contributed by atoms with Crippen molar-refractivity contribution in [1.82, 2.24) is 5.32 Å². The van der Waals surface area contributed by atoms with Gasteiger partial charge in [0.2, 0.25) is 10.0 Å². The Bertz CT molecular complexity index is 792. The molecule has 0 spiro atoms. The number of carbonyl (C=O) groups is 1. The number of benzene rings is 2. The van der Waals surface area contributed by atoms with Crippen molar-refractivity contribution in [3.63, 3.8) is 0 Å². The molecule has 0 aliphatic heterocycles. The van der Waals surface area contributed by atoms with Crippen molar-refractivity contribution in [2.45, 2.75) is 6.42 Å². The van der Waals surface area contributed by atoms with E-state index in [1.54, 1.807) is 0 Å². The third-order valence-corrected chi connectivity index (χ3v) is 3.98. The molecule has 7 heteroatoms. The Labute approximate surface area is 140 Å². The number of carbonyl (C=O) groups excluding carboxylic acids is 1. The zero-order chi connectivity index (χ0) is 16.9. The average molecular weight is 353 g/mol. The second kappa shape index (κ2) is 7.48. The van der Waals surface area contributed by atoms with Crippen molar-refractivity contribution >= 4 is 33.2 Å². The quantitative estimate of drug-likeness (QED) is 0.839. The summed E-state index contributed by atoms with van der Waals surface area (Å²) < 4.78 is 24.7. The largest absolute Gasteiger partial charge is 0.352 e. The van der Waals surface area contributed by atoms with Gasteiger partial charge in [0.1, 0.15) is 0 Å². The minimum Gasteiger partial charge on any atom is -0.352 e. The van der Waals surface area contributed by atoms with E-state index in [9.17, 15) is 13.2 Å². The number of anilines is 1. The van der Waals surface area contributed by atoms with Gasteiger partial charge in [-0.2, -0.15) is 0 Å². The summed E-state index contributed by atoms with van der Waals surface area (Å²) in [4.78, 5) is 12.1. The van der Waals surface area contributed by atoms with Gasteiger partial charge in [0.05, 0.1) is 16.8 Å². The maximum atomic E-state index is 12.1. The molecule has 1 amide bonds. The first-order chi connectivity index (χ1) is 10.8. The summed E-state index contributed by atoms with van der Waals surface area (Å²) >= 11 is 6.05. The van der Waals surface area contributed by atoms with Crippen LogP contribution < -0.4 is 10.0 Å². The number of halogens is 1. The lowest BCUT2D eigenvalue weighted by molar-refractivity contribution is 0.0954. The van der Waals surface area contributed by atoms with E-state index in [4.69, 9.17) is 11.6 Å². The molecule has 0 bridgehead atoms. The fourth-order valence-electron chi connectivity index (χ4n) is 2.04. The maximum Gasteiger partial charge on any atom is 0.252 e. The third-order valence-electron chi connectivity index (χ3n) is 3.06. The van der Waals surface area contributed by atoms with Crippen molar-refractivity contribution in [2.75, 3.05) is 17.5 Å². The van der Waals surface area contributed by atoms with Crippen molar-refractivity contribution in [3.05, 3.63) is 64.7 Å². The topological polar surface area (TPSA) is 75.3 Å². The van der Waals surface area contributed by atoms with Crippen LogP contribution in [0.2, 0.25) is 5.02 Å². The molecule has 0 radical (unpaired) electrons. The monoisotopic (exact) mass is 352 g/mol. The van der Waals surface area contributed by atoms with Gasteiger partial charge in [-0.3, -0.25) is 9.52 Å². The Morgan fingerprint density at radius 2 is 1.83 bits per heavy atom. The van der Waals surface area contributed by atoms with E-state index in [0.29, 0.717) is 17.8 Å². The van der Waals surface area contributed by atoms with Gasteiger partial charge in [0.15, 0.2) is 0 Å². The minimum absolute atomic E-state index is 0.191. The number of nitrogens with one attached hydrogen (secondary N) is 2. The van der Waals surface area contributed by atoms with E-state index < -0.39 is 10.0 Å². The third kappa shape index (κ3) is 5.58. The maximum absolute atomic E-state index is 12.1. The lowest BCUT2D eigenvalue weighted by atomic mass is 10.1. The van der Waals surface area contributed by atoms with Crippen molar-refractivity contribution in [2.24, 2.45) is 0 Å². The molecular formula is C16H17ClN2O3S. The van der Waals surface area contributed by atoms with E-state index in [-0.39, 0.29) is 10.9 Å². The molecule has 0 aliphatic carbocycles. The highest BCUT2D eigenvalue weighted by atomic mass is 35.5. The highest BCUT2D eigenvalue weighted by Crippen LogP contribution is 2.21. The van der Waals surface area contributed by atoms with Crippen LogP contribution in [-0.4, -0.2) is 27.1 Å². The highest BCUT2D eigenvalue weighted by Gasteiger charge is 2.11. The number of hydrogen-bond donors (Lipinski definition) is 2. The summed E-state index contributed by atoms with van der Waals surface area (Å²) in [6.45, 7) is 0.489. The first kappa shape index (κ1) is 17.3. The van der Waals surface area contributed by atoms with E-state index in [0.717, 1.165) is 18.2 Å². The molecule has 2 aromatic carbocycles. The summed E-state index contributed by atoms with van der Waals surface area (Å²) in [5.41, 5.74) is 1.75. The normalized spacial score (nSPS) is 11.0. The molecule has 0 aliphatic rings. The molecule has 23 heavy (non-hydrogen) atoms. The van der Waals surface area contributed by atoms with Crippen LogP contribution in [0.4, 0.5) is 5.69 Å². The van der Waals surface area contributed by atoms with Crippen molar-refractivity contribution < 1.29 is 13.2 Å². The summed E-state index contributed by atoms with van der Waals surface area (Å²) in [5.74, 6) is -0.295. The van der Waals surface area contributed by atoms with Crippen LogP contribution in [0.25, 0.3) is 0 Å². The van der Waals surface area contributed by atoms with Gasteiger partial charge in [0.25, 0.3) is 5.91 Å². The summed E-state index contributed by atoms with van der Waals surface area (Å²) in [6.07, 6.45) is 1.77. The lowest BCUT2D eigenvalue weighted by Crippen LogP contribution is -2.26. The van der Waals surface area contributed by atoms with E-state index in [1.165, 1.54) is 18.2 Å². The van der Waals surface area contributed by atoms with E-state index in [1.807, 2.05) is 30.3 Å². The molecule has 0 fully saturated rings. The van der Waals surface area contributed by atoms with Gasteiger partial charge in [-0.25, -0.2) is 8.42 Å². The van der Waals surface area contributed by atoms with Gasteiger partial charge in [-0.15, -0.1) is 0 Å². The van der Waals surface area contributed by atoms with Crippen molar-refractivity contribution in [3.8, 4) is 0 Å². The van der Waals surface area contributed by atoms with Crippen LogP contribution in [0.3, 0.4) is 0 Å². The Balaban J connectivity index is 1.97. The first-order valence-corrected chi connectivity index (χ1v) is 9.21. The molecule has 2 aromatic rings. The molecule has 0 atom stereocenters. The fraction of sp³-hybridized carbons (Fsp3) is 0.188. The predicted octanol–water partition coefficient (Wildman–Crippen LogP) is 2.68. The summed E-state index contributed by atoms with van der Waals surface area (Å²) in [5, 5.41) is 2.98. The number of amides is 1. The number of rotatable bonds is 6. The Morgan fingerprint density at radius 1 is 1.13 bits per heavy atom. The zero-order valence-corrected chi connectivity index (χ0v) is 14.1. The summed E-state index contributed by atoms with van der Waals surface area (Å²) in [6, 6.07) is 14.2. The van der Waals surface area contributed by atoms with Gasteiger partial charge >= 0.3 is 0 Å². The average Bonchev–Trinajstić information content (AvgIpc) is 2.46. The smallest absolute Gasteiger partial charge is 0.252 e. The van der Waals surface area contributed by atoms with Gasteiger partial charge in [0, 0.05) is 12.2 Å². The summed E-state index contributed by atoms with van der Waals surface area (Å²) in [7, 11) is -3.38. The Kier molecular flexibility index (Phi) is 5.63. The van der Waals surface area contributed by atoms with Crippen LogP contribution in [-0.2, 0) is 16.4 Å². The Hall–Kier alpha value is -2.05. The van der Waals surface area contributed by atoms with Gasteiger partial charge < -0.3 is 5.32 Å². The second-order valence-corrected chi connectivity index (χ2v) is 7.22. The highest BCUT2D eigenvalue weighted by molar-refractivity contribution is 7.92. The van der Waals surface area contributed by atoms with Gasteiger partial charge in [-0.05, 0) is 30.2 Å². The fourth-order valence-corrected chi connectivity index (χ4v) is 2.86. The van der Waals surface area contributed by atoms with Crippen LogP contribution in [0.1, 0.15) is 15.9 Å². The van der Waals surface area contributed by atoms with Gasteiger partial charge in [-0.1, -0.05) is 41.9 Å². The van der Waals surface area contributed by atoms with Crippen LogP contribution in [0.5, 0.6) is 0 Å². The predicted molar refractivity (Wildman–Crippen MR) is 92.4 cm³/mol.